The number of rotatable bonds is 8. The third kappa shape index (κ3) is 5.27. The number of carbonyl (C=O) groups excluding carboxylic acids is 1. The lowest BCUT2D eigenvalue weighted by Gasteiger charge is -2.07. The van der Waals surface area contributed by atoms with Crippen molar-refractivity contribution in [2.75, 3.05) is 19.1 Å². The van der Waals surface area contributed by atoms with Gasteiger partial charge >= 0.3 is 5.97 Å². The number of hydrogen-bond donors (Lipinski definition) is 1. The van der Waals surface area contributed by atoms with E-state index in [4.69, 9.17) is 9.47 Å². The van der Waals surface area contributed by atoms with Crippen LogP contribution in [0.4, 0.5) is 5.13 Å². The van der Waals surface area contributed by atoms with Crippen LogP contribution in [0.15, 0.2) is 27.8 Å². The van der Waals surface area contributed by atoms with Crippen molar-refractivity contribution in [3.05, 3.63) is 38.8 Å². The number of benzene rings is 1. The number of thiazole rings is 1. The normalized spacial score (nSPS) is 10.9. The van der Waals surface area contributed by atoms with Crippen LogP contribution in [-0.4, -0.2) is 30.9 Å². The molecule has 0 spiro atoms. The molecule has 0 saturated heterocycles. The first-order valence-electron chi connectivity index (χ1n) is 7.88. The van der Waals surface area contributed by atoms with Crippen molar-refractivity contribution in [2.24, 2.45) is 5.10 Å². The lowest BCUT2D eigenvalue weighted by Crippen LogP contribution is -2.01. The van der Waals surface area contributed by atoms with Gasteiger partial charge < -0.3 is 9.47 Å². The van der Waals surface area contributed by atoms with Crippen molar-refractivity contribution in [2.45, 2.75) is 26.7 Å². The fourth-order valence-electron chi connectivity index (χ4n) is 1.98. The molecule has 0 unspecified atom stereocenters. The quantitative estimate of drug-likeness (QED) is 0.383. The van der Waals surface area contributed by atoms with Crippen LogP contribution in [0.5, 0.6) is 5.75 Å². The molecule has 134 valence electrons. The lowest BCUT2D eigenvalue weighted by molar-refractivity contribution is 0.0605. The number of hydrogen-bond acceptors (Lipinski definition) is 7. The molecule has 2 aromatic rings. The van der Waals surface area contributed by atoms with E-state index in [2.05, 4.69) is 38.4 Å². The first-order chi connectivity index (χ1) is 12.1. The van der Waals surface area contributed by atoms with Crippen LogP contribution < -0.4 is 10.2 Å². The minimum absolute atomic E-state index is 0.377. The maximum absolute atomic E-state index is 11.7. The van der Waals surface area contributed by atoms with Crippen LogP contribution in [0.25, 0.3) is 0 Å². The smallest absolute Gasteiger partial charge is 0.350 e. The van der Waals surface area contributed by atoms with Gasteiger partial charge in [-0.1, -0.05) is 25.2 Å². The highest BCUT2D eigenvalue weighted by Gasteiger charge is 2.17. The van der Waals surface area contributed by atoms with Crippen LogP contribution in [-0.2, 0) is 11.2 Å². The van der Waals surface area contributed by atoms with Gasteiger partial charge in [0.15, 0.2) is 0 Å². The van der Waals surface area contributed by atoms with E-state index >= 15 is 0 Å². The van der Waals surface area contributed by atoms with Gasteiger partial charge in [0.1, 0.15) is 10.6 Å². The topological polar surface area (TPSA) is 72.8 Å². The first kappa shape index (κ1) is 19.4. The van der Waals surface area contributed by atoms with Crippen LogP contribution in [0, 0.1) is 0 Å². The van der Waals surface area contributed by atoms with Gasteiger partial charge in [-0.25, -0.2) is 9.78 Å². The molecule has 0 atom stereocenters. The molecule has 0 amide bonds. The Morgan fingerprint density at radius 2 is 2.24 bits per heavy atom. The maximum atomic E-state index is 11.7. The van der Waals surface area contributed by atoms with Gasteiger partial charge in [0.25, 0.3) is 0 Å². The SMILES string of the molecule is CCCOc1ccc(/C=N\Nc2nc(CC)c(C(=O)OC)s2)cc1Br. The van der Waals surface area contributed by atoms with Gasteiger partial charge in [-0.05, 0) is 52.5 Å². The van der Waals surface area contributed by atoms with Gasteiger partial charge in [0, 0.05) is 0 Å². The summed E-state index contributed by atoms with van der Waals surface area (Å²) < 4.78 is 11.3. The number of nitrogens with one attached hydrogen (secondary N) is 1. The Labute approximate surface area is 159 Å². The van der Waals surface area contributed by atoms with Gasteiger partial charge in [0.2, 0.25) is 5.13 Å². The first-order valence-corrected chi connectivity index (χ1v) is 9.49. The predicted octanol–water partition coefficient (Wildman–Crippen LogP) is 4.49. The summed E-state index contributed by atoms with van der Waals surface area (Å²) in [6.07, 6.45) is 3.29. The number of aryl methyl sites for hydroxylation is 1. The van der Waals surface area contributed by atoms with Crippen LogP contribution in [0.2, 0.25) is 0 Å². The molecule has 0 fully saturated rings. The van der Waals surface area contributed by atoms with Crippen molar-refractivity contribution in [3.8, 4) is 5.75 Å². The molecule has 0 bridgehead atoms. The monoisotopic (exact) mass is 425 g/mol. The Kier molecular flexibility index (Phi) is 7.39. The molecular weight excluding hydrogens is 406 g/mol. The molecule has 0 aliphatic heterocycles. The van der Waals surface area contributed by atoms with E-state index in [-0.39, 0.29) is 5.97 Å². The molecule has 8 heteroatoms. The molecular formula is C17H20BrN3O3S. The van der Waals surface area contributed by atoms with Crippen LogP contribution in [0.3, 0.4) is 0 Å². The zero-order chi connectivity index (χ0) is 18.2. The summed E-state index contributed by atoms with van der Waals surface area (Å²) >= 11 is 4.72. The Balaban J connectivity index is 2.04. The van der Waals surface area contributed by atoms with E-state index in [0.29, 0.717) is 28.7 Å². The third-order valence-corrected chi connectivity index (χ3v) is 4.80. The maximum Gasteiger partial charge on any atom is 0.350 e. The number of nitrogens with zero attached hydrogens (tertiary/aromatic N) is 2. The minimum atomic E-state index is -0.377. The molecule has 6 nitrogen and oxygen atoms in total. The summed E-state index contributed by atoms with van der Waals surface area (Å²) in [6, 6.07) is 5.74. The van der Waals surface area contributed by atoms with Gasteiger partial charge in [-0.3, -0.25) is 5.43 Å². The van der Waals surface area contributed by atoms with Gasteiger partial charge in [-0.2, -0.15) is 5.10 Å². The standard InChI is InChI=1S/C17H20BrN3O3S/c1-4-8-24-14-7-6-11(9-12(14)18)10-19-21-17-20-13(5-2)15(25-17)16(22)23-3/h6-7,9-10H,4-5,8H2,1-3H3,(H,20,21)/b19-10-. The highest BCUT2D eigenvalue weighted by atomic mass is 79.9. The number of ether oxygens (including phenoxy) is 2. The number of anilines is 1. The van der Waals surface area contributed by atoms with E-state index in [1.807, 2.05) is 25.1 Å². The molecule has 2 rings (SSSR count). The molecule has 1 heterocycles. The summed E-state index contributed by atoms with van der Waals surface area (Å²) in [7, 11) is 1.36. The van der Waals surface area contributed by atoms with E-state index in [9.17, 15) is 4.79 Å². The zero-order valence-corrected chi connectivity index (χ0v) is 16.7. The average Bonchev–Trinajstić information content (AvgIpc) is 3.03. The van der Waals surface area contributed by atoms with Crippen molar-refractivity contribution in [1.29, 1.82) is 0 Å². The molecule has 1 aromatic carbocycles. The molecule has 0 saturated carbocycles. The number of methoxy groups -OCH3 is 1. The average molecular weight is 426 g/mol. The Hall–Kier alpha value is -1.93. The number of halogens is 1. The summed E-state index contributed by atoms with van der Waals surface area (Å²) in [5, 5.41) is 4.73. The summed E-state index contributed by atoms with van der Waals surface area (Å²) in [5.74, 6) is 0.431. The second-order valence-electron chi connectivity index (χ2n) is 5.05. The Morgan fingerprint density at radius 1 is 1.44 bits per heavy atom. The van der Waals surface area contributed by atoms with Crippen LogP contribution >= 0.6 is 27.3 Å². The Bertz CT molecular complexity index is 762. The lowest BCUT2D eigenvalue weighted by atomic mass is 10.2. The third-order valence-electron chi connectivity index (χ3n) is 3.19. The number of hydrazone groups is 1. The minimum Gasteiger partial charge on any atom is -0.492 e. The zero-order valence-electron chi connectivity index (χ0n) is 14.3. The second kappa shape index (κ2) is 9.53. The van der Waals surface area contributed by atoms with Gasteiger partial charge in [0.05, 0.1) is 30.1 Å². The second-order valence-corrected chi connectivity index (χ2v) is 6.90. The van der Waals surface area contributed by atoms with E-state index < -0.39 is 0 Å². The summed E-state index contributed by atoms with van der Waals surface area (Å²) in [4.78, 5) is 16.6. The van der Waals surface area contributed by atoms with Crippen molar-refractivity contribution in [3.63, 3.8) is 0 Å². The molecule has 0 aliphatic rings. The summed E-state index contributed by atoms with van der Waals surface area (Å²) in [6.45, 7) is 4.68. The fraction of sp³-hybridized carbons (Fsp3) is 0.353. The largest absolute Gasteiger partial charge is 0.492 e. The van der Waals surface area contributed by atoms with E-state index in [1.54, 1.807) is 6.21 Å². The predicted molar refractivity (Wildman–Crippen MR) is 104 cm³/mol. The van der Waals surface area contributed by atoms with Gasteiger partial charge in [-0.15, -0.1) is 0 Å². The van der Waals surface area contributed by atoms with Crippen molar-refractivity contribution in [1.82, 2.24) is 4.98 Å². The highest BCUT2D eigenvalue weighted by Crippen LogP contribution is 2.26. The van der Waals surface area contributed by atoms with Crippen molar-refractivity contribution < 1.29 is 14.3 Å². The van der Waals surface area contributed by atoms with E-state index in [0.717, 1.165) is 22.2 Å². The molecule has 25 heavy (non-hydrogen) atoms. The number of esters is 1. The molecule has 0 radical (unpaired) electrons. The van der Waals surface area contributed by atoms with Crippen molar-refractivity contribution >= 4 is 44.6 Å². The summed E-state index contributed by atoms with van der Waals surface area (Å²) in [5.41, 5.74) is 4.47. The molecule has 1 N–H and O–H groups in total. The molecule has 0 aliphatic carbocycles. The number of aromatic nitrogens is 1. The number of carbonyl (C=O) groups is 1. The fourth-order valence-corrected chi connectivity index (χ4v) is 3.41. The van der Waals surface area contributed by atoms with E-state index in [1.165, 1.54) is 18.4 Å². The Morgan fingerprint density at radius 3 is 2.88 bits per heavy atom. The highest BCUT2D eigenvalue weighted by molar-refractivity contribution is 9.10. The van der Waals surface area contributed by atoms with Crippen LogP contribution in [0.1, 0.15) is 41.2 Å². The molecule has 1 aromatic heterocycles.